The third-order valence-corrected chi connectivity index (χ3v) is 4.13. The number of benzene rings is 3. The van der Waals surface area contributed by atoms with Gasteiger partial charge in [0.15, 0.2) is 0 Å². The van der Waals surface area contributed by atoms with Gasteiger partial charge in [0, 0.05) is 5.56 Å². The molecule has 3 aromatic carbocycles. The van der Waals surface area contributed by atoms with Gasteiger partial charge in [0.25, 0.3) is 0 Å². The second kappa shape index (κ2) is 9.80. The summed E-state index contributed by atoms with van der Waals surface area (Å²) in [6.07, 6.45) is -7.99. The lowest BCUT2D eigenvalue weighted by molar-refractivity contribution is -0.138. The highest BCUT2D eigenvalue weighted by Gasteiger charge is 2.30. The number of hydrogen-bond donors (Lipinski definition) is 2. The summed E-state index contributed by atoms with van der Waals surface area (Å²) < 4.78 is 73.1. The lowest BCUT2D eigenvalue weighted by Crippen LogP contribution is -2.29. The van der Waals surface area contributed by atoms with Crippen LogP contribution in [0.25, 0.3) is 11.1 Å². The largest absolute Gasteiger partial charge is 0.488 e. The molecule has 2 N–H and O–H groups in total. The maximum absolute atomic E-state index is 12.4. The Morgan fingerprint density at radius 3 is 1.29 bits per heavy atom. The van der Waals surface area contributed by atoms with Gasteiger partial charge < -0.3 is 10.0 Å². The molecule has 0 unspecified atom stereocenters. The van der Waals surface area contributed by atoms with Crippen molar-refractivity contribution in [2.75, 3.05) is 0 Å². The molecule has 0 aliphatic heterocycles. The molecular formula is C21H15BF6O3. The molecule has 0 spiro atoms. The molecule has 162 valence electrons. The van der Waals surface area contributed by atoms with Crippen molar-refractivity contribution < 1.29 is 41.2 Å². The molecule has 3 aromatic rings. The Morgan fingerprint density at radius 2 is 0.968 bits per heavy atom. The molecule has 0 heterocycles. The molecule has 0 saturated heterocycles. The van der Waals surface area contributed by atoms with Crippen LogP contribution in [0.2, 0.25) is 0 Å². The SMILES string of the molecule is O=Cc1ccc(-c2ccc(C(F)(F)F)cc2)cc1.OB(O)c1ccc(C(F)(F)F)cc1. The van der Waals surface area contributed by atoms with E-state index in [0.717, 1.165) is 48.2 Å². The molecule has 0 saturated carbocycles. The topological polar surface area (TPSA) is 57.5 Å². The lowest BCUT2D eigenvalue weighted by Gasteiger charge is -2.07. The van der Waals surface area contributed by atoms with Crippen LogP contribution < -0.4 is 5.46 Å². The van der Waals surface area contributed by atoms with Gasteiger partial charge in [0.05, 0.1) is 11.1 Å². The van der Waals surface area contributed by atoms with Crippen LogP contribution in [0.1, 0.15) is 21.5 Å². The molecule has 3 nitrogen and oxygen atoms in total. The summed E-state index contributed by atoms with van der Waals surface area (Å²) in [4.78, 5) is 10.5. The molecule has 31 heavy (non-hydrogen) atoms. The van der Waals surface area contributed by atoms with Gasteiger partial charge in [0.1, 0.15) is 6.29 Å². The van der Waals surface area contributed by atoms with Gasteiger partial charge in [-0.05, 0) is 28.7 Å². The fraction of sp³-hybridized carbons (Fsp3) is 0.0952. The molecule has 0 amide bonds. The summed E-state index contributed by atoms with van der Waals surface area (Å²) in [5.74, 6) is 0. The number of halogens is 6. The molecule has 0 aliphatic carbocycles. The van der Waals surface area contributed by atoms with Crippen molar-refractivity contribution in [3.05, 3.63) is 89.5 Å². The number of rotatable bonds is 3. The summed E-state index contributed by atoms with van der Waals surface area (Å²) in [5, 5.41) is 17.2. The molecule has 10 heteroatoms. The molecular weight excluding hydrogens is 425 g/mol. The van der Waals surface area contributed by atoms with Crippen molar-refractivity contribution in [2.45, 2.75) is 12.4 Å². The Morgan fingerprint density at radius 1 is 0.613 bits per heavy atom. The average Bonchev–Trinajstić information content (AvgIpc) is 2.73. The zero-order valence-electron chi connectivity index (χ0n) is 15.7. The van der Waals surface area contributed by atoms with E-state index in [0.29, 0.717) is 11.1 Å². The average molecular weight is 440 g/mol. The van der Waals surface area contributed by atoms with Gasteiger partial charge in [-0.3, -0.25) is 4.79 Å². The fourth-order valence-corrected chi connectivity index (χ4v) is 2.45. The van der Waals surface area contributed by atoms with E-state index in [-0.39, 0.29) is 5.46 Å². The minimum absolute atomic E-state index is 0.0352. The van der Waals surface area contributed by atoms with Crippen LogP contribution in [0.3, 0.4) is 0 Å². The second-order valence-corrected chi connectivity index (χ2v) is 6.31. The van der Waals surface area contributed by atoms with E-state index in [1.807, 2.05) is 0 Å². The van der Waals surface area contributed by atoms with Crippen molar-refractivity contribution in [3.63, 3.8) is 0 Å². The summed E-state index contributed by atoms with van der Waals surface area (Å²) in [6, 6.07) is 15.2. The Labute approximate surface area is 173 Å². The quantitative estimate of drug-likeness (QED) is 0.357. The van der Waals surface area contributed by atoms with E-state index in [4.69, 9.17) is 10.0 Å². The lowest BCUT2D eigenvalue weighted by atomic mass is 9.80. The summed E-state index contributed by atoms with van der Waals surface area (Å²) in [6.45, 7) is 0. The highest BCUT2D eigenvalue weighted by Crippen LogP contribution is 2.31. The first-order valence-electron chi connectivity index (χ1n) is 8.68. The van der Waals surface area contributed by atoms with Crippen molar-refractivity contribution >= 4 is 18.9 Å². The van der Waals surface area contributed by atoms with E-state index >= 15 is 0 Å². The predicted molar refractivity (Wildman–Crippen MR) is 104 cm³/mol. The first kappa shape index (κ1) is 24.2. The normalized spacial score (nSPS) is 11.4. The number of alkyl halides is 6. The van der Waals surface area contributed by atoms with Gasteiger partial charge in [0.2, 0.25) is 0 Å². The second-order valence-electron chi connectivity index (χ2n) is 6.31. The molecule has 0 atom stereocenters. The number of carbonyl (C=O) groups is 1. The van der Waals surface area contributed by atoms with Crippen LogP contribution in [0.15, 0.2) is 72.8 Å². The first-order chi connectivity index (χ1) is 14.4. The first-order valence-corrected chi connectivity index (χ1v) is 8.68. The van der Waals surface area contributed by atoms with Crippen LogP contribution in [-0.4, -0.2) is 23.5 Å². The maximum Gasteiger partial charge on any atom is 0.488 e. The summed E-state index contributed by atoms with van der Waals surface area (Å²) in [7, 11) is -1.73. The number of hydrogen-bond acceptors (Lipinski definition) is 3. The molecule has 0 aromatic heterocycles. The van der Waals surface area contributed by atoms with Crippen molar-refractivity contribution in [1.82, 2.24) is 0 Å². The van der Waals surface area contributed by atoms with Crippen molar-refractivity contribution in [1.29, 1.82) is 0 Å². The maximum atomic E-state index is 12.4. The van der Waals surface area contributed by atoms with Crippen molar-refractivity contribution in [3.8, 4) is 11.1 Å². The highest BCUT2D eigenvalue weighted by atomic mass is 19.4. The van der Waals surface area contributed by atoms with Gasteiger partial charge in [-0.2, -0.15) is 26.3 Å². The van der Waals surface area contributed by atoms with E-state index in [1.54, 1.807) is 24.3 Å². The Bertz CT molecular complexity index is 980. The van der Waals surface area contributed by atoms with Gasteiger partial charge in [-0.25, -0.2) is 0 Å². The zero-order valence-corrected chi connectivity index (χ0v) is 15.7. The summed E-state index contributed by atoms with van der Waals surface area (Å²) >= 11 is 0. The van der Waals surface area contributed by atoms with Crippen LogP contribution >= 0.6 is 0 Å². The molecule has 3 rings (SSSR count). The third kappa shape index (κ3) is 6.97. The Balaban J connectivity index is 0.000000233. The van der Waals surface area contributed by atoms with E-state index in [1.165, 1.54) is 12.1 Å². The third-order valence-electron chi connectivity index (χ3n) is 4.13. The van der Waals surface area contributed by atoms with Crippen LogP contribution in [0, 0.1) is 0 Å². The molecule has 0 fully saturated rings. The van der Waals surface area contributed by atoms with E-state index in [9.17, 15) is 31.1 Å². The monoisotopic (exact) mass is 440 g/mol. The fourth-order valence-electron chi connectivity index (χ4n) is 2.45. The molecule has 0 radical (unpaired) electrons. The van der Waals surface area contributed by atoms with Gasteiger partial charge in [-0.1, -0.05) is 60.7 Å². The van der Waals surface area contributed by atoms with Crippen LogP contribution in [0.4, 0.5) is 26.3 Å². The minimum atomic E-state index is -4.39. The van der Waals surface area contributed by atoms with E-state index in [2.05, 4.69) is 0 Å². The van der Waals surface area contributed by atoms with Crippen LogP contribution in [0.5, 0.6) is 0 Å². The van der Waals surface area contributed by atoms with Gasteiger partial charge >= 0.3 is 19.5 Å². The smallest absolute Gasteiger partial charge is 0.423 e. The predicted octanol–water partition coefficient (Wildman–Crippen LogP) is 4.57. The molecule has 0 bridgehead atoms. The standard InChI is InChI=1S/C14H9F3O.C7H6BF3O2/c15-14(16,17)13-7-5-12(6-8-13)11-3-1-10(9-18)2-4-11;9-7(10,11)5-1-3-6(4-2-5)8(12)13/h1-9H;1-4,12-13H. The Kier molecular flexibility index (Phi) is 7.64. The van der Waals surface area contributed by atoms with Gasteiger partial charge in [-0.15, -0.1) is 0 Å². The number of aldehydes is 1. The van der Waals surface area contributed by atoms with E-state index < -0.39 is 30.6 Å². The number of carbonyl (C=O) groups excluding carboxylic acids is 1. The zero-order chi connectivity index (χ0) is 23.2. The Hall–Kier alpha value is -3.11. The van der Waals surface area contributed by atoms with Crippen molar-refractivity contribution in [2.24, 2.45) is 0 Å². The highest BCUT2D eigenvalue weighted by molar-refractivity contribution is 6.58. The summed E-state index contributed by atoms with van der Waals surface area (Å²) in [5.41, 5.74) is 0.543. The molecule has 0 aliphatic rings. The van der Waals surface area contributed by atoms with Crippen LogP contribution in [-0.2, 0) is 12.4 Å². The minimum Gasteiger partial charge on any atom is -0.423 e.